The lowest BCUT2D eigenvalue weighted by Gasteiger charge is -2.08. The van der Waals surface area contributed by atoms with Crippen LogP contribution in [0, 0.1) is 0 Å². The highest BCUT2D eigenvalue weighted by molar-refractivity contribution is 9.10. The summed E-state index contributed by atoms with van der Waals surface area (Å²) in [6, 6.07) is 2.39. The number of ether oxygens (including phenoxy) is 1. The van der Waals surface area contributed by atoms with E-state index in [4.69, 9.17) is 21.5 Å². The van der Waals surface area contributed by atoms with E-state index in [1.54, 1.807) is 0 Å². The minimum Gasteiger partial charge on any atom is -0.462 e. The summed E-state index contributed by atoms with van der Waals surface area (Å²) in [5.74, 6) is -0.681. The summed E-state index contributed by atoms with van der Waals surface area (Å²) >= 11 is 8.88. The van der Waals surface area contributed by atoms with Crippen LogP contribution in [0.2, 0.25) is 5.02 Å². The lowest BCUT2D eigenvalue weighted by Crippen LogP contribution is -2.15. The van der Waals surface area contributed by atoms with Crippen molar-refractivity contribution in [3.05, 3.63) is 27.2 Å². The smallest absolute Gasteiger partial charge is 0.339 e. The first kappa shape index (κ1) is 15.4. The predicted molar refractivity (Wildman–Crippen MR) is 71.1 cm³/mol. The molecule has 0 aromatic heterocycles. The quantitative estimate of drug-likeness (QED) is 0.839. The number of carbonyl (C=O) groups excluding carboxylic acids is 1. The Hall–Kier alpha value is -0.630. The molecule has 1 rings (SSSR count). The Kier molecular flexibility index (Phi) is 5.15. The number of rotatable bonds is 4. The fourth-order valence-electron chi connectivity index (χ4n) is 1.18. The van der Waals surface area contributed by atoms with Crippen LogP contribution in [0.5, 0.6) is 0 Å². The first-order valence-corrected chi connectivity index (χ1v) is 7.68. The largest absolute Gasteiger partial charge is 0.462 e. The van der Waals surface area contributed by atoms with Crippen molar-refractivity contribution in [2.24, 2.45) is 5.14 Å². The molecule has 2 N–H and O–H groups in total. The molecule has 18 heavy (non-hydrogen) atoms. The molecular formula is C10H11BrClNO4S. The lowest BCUT2D eigenvalue weighted by molar-refractivity contribution is 0.0505. The topological polar surface area (TPSA) is 86.5 Å². The van der Waals surface area contributed by atoms with Gasteiger partial charge >= 0.3 is 5.97 Å². The van der Waals surface area contributed by atoms with Gasteiger partial charge in [-0.25, -0.2) is 18.4 Å². The molecule has 0 unspecified atom stereocenters. The zero-order valence-corrected chi connectivity index (χ0v) is 12.6. The molecule has 0 heterocycles. The van der Waals surface area contributed by atoms with Crippen molar-refractivity contribution < 1.29 is 17.9 Å². The van der Waals surface area contributed by atoms with Gasteiger partial charge in [0.25, 0.3) is 0 Å². The van der Waals surface area contributed by atoms with Gasteiger partial charge in [-0.1, -0.05) is 18.5 Å². The molecule has 0 aliphatic heterocycles. The number of halogens is 2. The van der Waals surface area contributed by atoms with Crippen molar-refractivity contribution in [3.8, 4) is 0 Å². The first-order valence-electron chi connectivity index (χ1n) is 4.96. The third kappa shape index (κ3) is 3.68. The van der Waals surface area contributed by atoms with E-state index in [1.165, 1.54) is 6.07 Å². The number of carbonyl (C=O) groups is 1. The molecule has 0 fully saturated rings. The molecule has 0 aliphatic carbocycles. The summed E-state index contributed by atoms with van der Waals surface area (Å²) in [4.78, 5) is 11.4. The van der Waals surface area contributed by atoms with Gasteiger partial charge in [0.05, 0.1) is 22.1 Å². The Balaban J connectivity index is 3.26. The average Bonchev–Trinajstić information content (AvgIpc) is 2.24. The van der Waals surface area contributed by atoms with E-state index < -0.39 is 16.0 Å². The molecule has 8 heteroatoms. The molecule has 0 radical (unpaired) electrons. The van der Waals surface area contributed by atoms with Gasteiger partial charge in [0.2, 0.25) is 10.0 Å². The molecule has 0 bridgehead atoms. The van der Waals surface area contributed by atoms with Crippen molar-refractivity contribution in [2.75, 3.05) is 6.61 Å². The van der Waals surface area contributed by atoms with Gasteiger partial charge in [-0.3, -0.25) is 0 Å². The zero-order valence-electron chi connectivity index (χ0n) is 9.44. The molecule has 0 spiro atoms. The highest BCUT2D eigenvalue weighted by atomic mass is 79.9. The maximum Gasteiger partial charge on any atom is 0.339 e. The van der Waals surface area contributed by atoms with Crippen LogP contribution in [-0.4, -0.2) is 21.0 Å². The zero-order chi connectivity index (χ0) is 13.9. The minimum absolute atomic E-state index is 0.0302. The molecule has 0 saturated heterocycles. The van der Waals surface area contributed by atoms with Crippen LogP contribution in [0.15, 0.2) is 21.5 Å². The second kappa shape index (κ2) is 6.01. The fourth-order valence-corrected chi connectivity index (χ4v) is 3.18. The molecular weight excluding hydrogens is 346 g/mol. The Morgan fingerprint density at radius 3 is 2.61 bits per heavy atom. The number of sulfonamides is 1. The van der Waals surface area contributed by atoms with Gasteiger partial charge < -0.3 is 4.74 Å². The summed E-state index contributed by atoms with van der Waals surface area (Å²) in [6.45, 7) is 2.07. The third-order valence-corrected chi connectivity index (χ3v) is 4.17. The van der Waals surface area contributed by atoms with E-state index in [0.717, 1.165) is 6.07 Å². The van der Waals surface area contributed by atoms with E-state index in [0.29, 0.717) is 6.42 Å². The molecule has 0 amide bonds. The molecule has 0 aliphatic rings. The van der Waals surface area contributed by atoms with Crippen LogP contribution in [0.4, 0.5) is 0 Å². The molecule has 0 saturated carbocycles. The summed E-state index contributed by atoms with van der Waals surface area (Å²) in [7, 11) is -3.94. The van der Waals surface area contributed by atoms with Gasteiger partial charge in [0, 0.05) is 4.47 Å². The third-order valence-electron chi connectivity index (χ3n) is 1.99. The number of esters is 1. The van der Waals surface area contributed by atoms with E-state index in [2.05, 4.69) is 15.9 Å². The number of nitrogens with two attached hydrogens (primary N) is 1. The Morgan fingerprint density at radius 2 is 2.11 bits per heavy atom. The Bertz CT molecular complexity index is 573. The molecule has 1 aromatic carbocycles. The van der Waals surface area contributed by atoms with Crippen LogP contribution in [0.3, 0.4) is 0 Å². The summed E-state index contributed by atoms with van der Waals surface area (Å²) in [6.07, 6.45) is 0.655. The summed E-state index contributed by atoms with van der Waals surface area (Å²) < 4.78 is 27.7. The highest BCUT2D eigenvalue weighted by Crippen LogP contribution is 2.28. The second-order valence-electron chi connectivity index (χ2n) is 3.44. The monoisotopic (exact) mass is 355 g/mol. The lowest BCUT2D eigenvalue weighted by atomic mass is 10.2. The molecule has 5 nitrogen and oxygen atoms in total. The van der Waals surface area contributed by atoms with Crippen LogP contribution in [0.25, 0.3) is 0 Å². The number of hydrogen-bond acceptors (Lipinski definition) is 4. The first-order chi connectivity index (χ1) is 8.27. The van der Waals surface area contributed by atoms with Gasteiger partial charge in [-0.15, -0.1) is 0 Å². The van der Waals surface area contributed by atoms with E-state index in [-0.39, 0.29) is 26.6 Å². The summed E-state index contributed by atoms with van der Waals surface area (Å²) in [5.41, 5.74) is -0.0302. The maximum absolute atomic E-state index is 11.7. The maximum atomic E-state index is 11.7. The molecule has 100 valence electrons. The van der Waals surface area contributed by atoms with Gasteiger partial charge in [0.15, 0.2) is 0 Å². The second-order valence-corrected chi connectivity index (χ2v) is 6.23. The number of hydrogen-bond donors (Lipinski definition) is 1. The molecule has 1 aromatic rings. The summed E-state index contributed by atoms with van der Waals surface area (Å²) in [5, 5.41) is 5.12. The molecule has 0 atom stereocenters. The van der Waals surface area contributed by atoms with Crippen molar-refractivity contribution in [1.82, 2.24) is 0 Å². The van der Waals surface area contributed by atoms with Crippen LogP contribution in [0.1, 0.15) is 23.7 Å². The number of benzene rings is 1. The van der Waals surface area contributed by atoms with E-state index in [1.807, 2.05) is 6.92 Å². The SMILES string of the molecule is CCCOC(=O)c1cc(S(N)(=O)=O)c(Br)cc1Cl. The normalized spacial score (nSPS) is 11.3. The van der Waals surface area contributed by atoms with Gasteiger partial charge in [-0.2, -0.15) is 0 Å². The highest BCUT2D eigenvalue weighted by Gasteiger charge is 2.20. The van der Waals surface area contributed by atoms with Crippen LogP contribution >= 0.6 is 27.5 Å². The van der Waals surface area contributed by atoms with E-state index >= 15 is 0 Å². The van der Waals surface area contributed by atoms with E-state index in [9.17, 15) is 13.2 Å². The van der Waals surface area contributed by atoms with Crippen LogP contribution < -0.4 is 5.14 Å². The fraction of sp³-hybridized carbons (Fsp3) is 0.300. The van der Waals surface area contributed by atoms with Crippen molar-refractivity contribution in [1.29, 1.82) is 0 Å². The standard InChI is InChI=1S/C10H11BrClNO4S/c1-2-3-17-10(14)6-4-9(18(13,15)16)7(11)5-8(6)12/h4-5H,2-3H2,1H3,(H2,13,15,16). The van der Waals surface area contributed by atoms with Crippen LogP contribution in [-0.2, 0) is 14.8 Å². The Labute approximate surface area is 118 Å². The Morgan fingerprint density at radius 1 is 1.50 bits per heavy atom. The van der Waals surface area contributed by atoms with Crippen molar-refractivity contribution in [3.63, 3.8) is 0 Å². The van der Waals surface area contributed by atoms with Crippen molar-refractivity contribution >= 4 is 43.5 Å². The average molecular weight is 357 g/mol. The van der Waals surface area contributed by atoms with Gasteiger partial charge in [-0.05, 0) is 34.5 Å². The van der Waals surface area contributed by atoms with Crippen molar-refractivity contribution in [2.45, 2.75) is 18.2 Å². The minimum atomic E-state index is -3.94. The van der Waals surface area contributed by atoms with Gasteiger partial charge in [0.1, 0.15) is 0 Å². The predicted octanol–water partition coefficient (Wildman–Crippen LogP) is 2.32. The number of primary sulfonamides is 1.